The largest absolute Gasteiger partial charge is 0.490 e. The fraction of sp³-hybridized carbons (Fsp3) is 0.250. The molecular formula is C16H18O3. The first-order valence-electron chi connectivity index (χ1n) is 6.27. The molecule has 3 heteroatoms. The van der Waals surface area contributed by atoms with Gasteiger partial charge in [0.2, 0.25) is 0 Å². The van der Waals surface area contributed by atoms with Crippen molar-refractivity contribution in [2.75, 3.05) is 6.61 Å². The molecule has 0 aliphatic rings. The molecule has 19 heavy (non-hydrogen) atoms. The first kappa shape index (κ1) is 13.6. The summed E-state index contributed by atoms with van der Waals surface area (Å²) in [5.74, 6) is 0.653. The van der Waals surface area contributed by atoms with Crippen molar-refractivity contribution in [1.29, 1.82) is 0 Å². The maximum atomic E-state index is 10.0. The number of para-hydroxylation sites is 1. The van der Waals surface area contributed by atoms with E-state index in [1.54, 1.807) is 0 Å². The van der Waals surface area contributed by atoms with Gasteiger partial charge in [0.25, 0.3) is 0 Å². The summed E-state index contributed by atoms with van der Waals surface area (Å²) in [4.78, 5) is 0. The highest BCUT2D eigenvalue weighted by molar-refractivity contribution is 5.40. The maximum Gasteiger partial charge on any atom is 0.127 e. The van der Waals surface area contributed by atoms with Crippen molar-refractivity contribution in [1.82, 2.24) is 0 Å². The minimum absolute atomic E-state index is 0.0710. The monoisotopic (exact) mass is 258 g/mol. The molecule has 0 aliphatic carbocycles. The number of ether oxygens (including phenoxy) is 1. The Balaban J connectivity index is 2.07. The van der Waals surface area contributed by atoms with Crippen molar-refractivity contribution in [2.45, 2.75) is 19.6 Å². The minimum atomic E-state index is -0.674. The molecule has 0 saturated carbocycles. The zero-order valence-electron chi connectivity index (χ0n) is 10.9. The van der Waals surface area contributed by atoms with Crippen LogP contribution in [0.25, 0.3) is 0 Å². The molecule has 0 aromatic heterocycles. The highest BCUT2D eigenvalue weighted by atomic mass is 16.5. The second-order valence-corrected chi connectivity index (χ2v) is 4.46. The zero-order valence-corrected chi connectivity index (χ0v) is 10.9. The molecule has 0 saturated heterocycles. The van der Waals surface area contributed by atoms with Crippen molar-refractivity contribution in [3.05, 3.63) is 65.2 Å². The molecule has 0 spiro atoms. The van der Waals surface area contributed by atoms with Gasteiger partial charge < -0.3 is 14.9 Å². The van der Waals surface area contributed by atoms with Crippen molar-refractivity contribution < 1.29 is 14.9 Å². The summed E-state index contributed by atoms with van der Waals surface area (Å²) in [5.41, 5.74) is 2.51. The Morgan fingerprint density at radius 3 is 2.47 bits per heavy atom. The molecular weight excluding hydrogens is 240 g/mol. The van der Waals surface area contributed by atoms with Crippen LogP contribution in [0.4, 0.5) is 0 Å². The van der Waals surface area contributed by atoms with Gasteiger partial charge in [0.1, 0.15) is 18.5 Å². The summed E-state index contributed by atoms with van der Waals surface area (Å²) < 4.78 is 5.67. The Morgan fingerprint density at radius 2 is 1.79 bits per heavy atom. The Labute approximate surface area is 113 Å². The number of aliphatic hydroxyl groups excluding tert-OH is 2. The Bertz CT molecular complexity index is 523. The highest BCUT2D eigenvalue weighted by Gasteiger charge is 2.11. The minimum Gasteiger partial charge on any atom is -0.490 e. The molecule has 0 aliphatic heterocycles. The lowest BCUT2D eigenvalue weighted by Crippen LogP contribution is -2.11. The Morgan fingerprint density at radius 1 is 1.05 bits per heavy atom. The number of hydrogen-bond donors (Lipinski definition) is 2. The van der Waals surface area contributed by atoms with E-state index in [-0.39, 0.29) is 13.2 Å². The van der Waals surface area contributed by atoms with Crippen molar-refractivity contribution in [3.63, 3.8) is 0 Å². The molecule has 0 bridgehead atoms. The lowest BCUT2D eigenvalue weighted by Gasteiger charge is -2.16. The molecule has 100 valence electrons. The first-order chi connectivity index (χ1) is 9.22. The van der Waals surface area contributed by atoms with Gasteiger partial charge in [-0.3, -0.25) is 0 Å². The standard InChI is InChI=1S/C16H18O3/c1-12-6-5-9-14(10-17)16(12)19-11-15(18)13-7-3-2-4-8-13/h2-9,15,17-18H,10-11H2,1H3. The van der Waals surface area contributed by atoms with E-state index < -0.39 is 6.10 Å². The molecule has 0 heterocycles. The van der Waals surface area contributed by atoms with E-state index in [0.717, 1.165) is 16.7 Å². The van der Waals surface area contributed by atoms with E-state index in [0.29, 0.717) is 5.75 Å². The Kier molecular flexibility index (Phi) is 4.55. The molecule has 2 N–H and O–H groups in total. The predicted molar refractivity (Wildman–Crippen MR) is 74.0 cm³/mol. The van der Waals surface area contributed by atoms with Crippen LogP contribution in [-0.4, -0.2) is 16.8 Å². The summed E-state index contributed by atoms with van der Waals surface area (Å²) in [6.07, 6.45) is -0.674. The summed E-state index contributed by atoms with van der Waals surface area (Å²) in [6.45, 7) is 2.02. The van der Waals surface area contributed by atoms with E-state index in [4.69, 9.17) is 4.74 Å². The summed E-state index contributed by atoms with van der Waals surface area (Å²) >= 11 is 0. The highest BCUT2D eigenvalue weighted by Crippen LogP contribution is 2.25. The molecule has 0 radical (unpaired) electrons. The quantitative estimate of drug-likeness (QED) is 0.866. The number of rotatable bonds is 5. The summed E-state index contributed by atoms with van der Waals surface area (Å²) in [5, 5.41) is 19.3. The van der Waals surface area contributed by atoms with Crippen LogP contribution in [0.1, 0.15) is 22.8 Å². The summed E-state index contributed by atoms with van der Waals surface area (Å²) in [6, 6.07) is 15.0. The van der Waals surface area contributed by atoms with Crippen LogP contribution in [0.5, 0.6) is 5.75 Å². The first-order valence-corrected chi connectivity index (χ1v) is 6.27. The van der Waals surface area contributed by atoms with Crippen LogP contribution in [0.3, 0.4) is 0 Å². The zero-order chi connectivity index (χ0) is 13.7. The normalized spacial score (nSPS) is 12.2. The van der Waals surface area contributed by atoms with Crippen LogP contribution in [0, 0.1) is 6.92 Å². The third kappa shape index (κ3) is 3.34. The van der Waals surface area contributed by atoms with Crippen LogP contribution in [0.15, 0.2) is 48.5 Å². The van der Waals surface area contributed by atoms with Crippen LogP contribution in [-0.2, 0) is 6.61 Å². The lowest BCUT2D eigenvalue weighted by atomic mass is 10.1. The molecule has 1 unspecified atom stereocenters. The average Bonchev–Trinajstić information content (AvgIpc) is 2.46. The van der Waals surface area contributed by atoms with Gasteiger partial charge in [0.05, 0.1) is 6.61 Å². The molecule has 2 aromatic rings. The topological polar surface area (TPSA) is 49.7 Å². The van der Waals surface area contributed by atoms with E-state index in [1.165, 1.54) is 0 Å². The number of aliphatic hydroxyl groups is 2. The van der Waals surface area contributed by atoms with Gasteiger partial charge in [-0.15, -0.1) is 0 Å². The summed E-state index contributed by atoms with van der Waals surface area (Å²) in [7, 11) is 0. The van der Waals surface area contributed by atoms with Gasteiger partial charge in [-0.25, -0.2) is 0 Å². The maximum absolute atomic E-state index is 10.0. The molecule has 2 aromatic carbocycles. The average molecular weight is 258 g/mol. The van der Waals surface area contributed by atoms with Gasteiger partial charge in [-0.2, -0.15) is 0 Å². The van der Waals surface area contributed by atoms with Gasteiger partial charge in [0.15, 0.2) is 0 Å². The van der Waals surface area contributed by atoms with Crippen molar-refractivity contribution >= 4 is 0 Å². The molecule has 1 atom stereocenters. The smallest absolute Gasteiger partial charge is 0.127 e. The van der Waals surface area contributed by atoms with E-state index in [2.05, 4.69) is 0 Å². The van der Waals surface area contributed by atoms with Crippen LogP contribution >= 0.6 is 0 Å². The number of aryl methyl sites for hydroxylation is 1. The number of hydrogen-bond acceptors (Lipinski definition) is 3. The van der Waals surface area contributed by atoms with Gasteiger partial charge >= 0.3 is 0 Å². The fourth-order valence-corrected chi connectivity index (χ4v) is 1.98. The van der Waals surface area contributed by atoms with E-state index in [1.807, 2.05) is 55.5 Å². The fourth-order valence-electron chi connectivity index (χ4n) is 1.98. The van der Waals surface area contributed by atoms with Gasteiger partial charge in [-0.05, 0) is 18.1 Å². The van der Waals surface area contributed by atoms with Crippen molar-refractivity contribution in [2.24, 2.45) is 0 Å². The molecule has 0 amide bonds. The van der Waals surface area contributed by atoms with E-state index >= 15 is 0 Å². The number of benzene rings is 2. The Hall–Kier alpha value is -1.84. The van der Waals surface area contributed by atoms with Crippen molar-refractivity contribution in [3.8, 4) is 5.75 Å². The SMILES string of the molecule is Cc1cccc(CO)c1OCC(O)c1ccccc1. The molecule has 2 rings (SSSR count). The molecule has 0 fully saturated rings. The second kappa shape index (κ2) is 6.36. The second-order valence-electron chi connectivity index (χ2n) is 4.46. The van der Waals surface area contributed by atoms with E-state index in [9.17, 15) is 10.2 Å². The third-order valence-electron chi connectivity index (χ3n) is 3.03. The van der Waals surface area contributed by atoms with Gasteiger partial charge in [-0.1, -0.05) is 48.5 Å². The lowest BCUT2D eigenvalue weighted by molar-refractivity contribution is 0.106. The molecule has 3 nitrogen and oxygen atoms in total. The van der Waals surface area contributed by atoms with Crippen LogP contribution < -0.4 is 4.74 Å². The van der Waals surface area contributed by atoms with Crippen LogP contribution in [0.2, 0.25) is 0 Å². The predicted octanol–water partition coefficient (Wildman–Crippen LogP) is 2.60. The third-order valence-corrected chi connectivity index (χ3v) is 3.03. The van der Waals surface area contributed by atoms with Gasteiger partial charge in [0, 0.05) is 5.56 Å².